The smallest absolute Gasteiger partial charge is 0.238 e. The van der Waals surface area contributed by atoms with Gasteiger partial charge in [-0.25, -0.2) is 0 Å². The highest BCUT2D eigenvalue weighted by Crippen LogP contribution is 2.05. The number of amides is 1. The van der Waals surface area contributed by atoms with E-state index < -0.39 is 0 Å². The highest BCUT2D eigenvalue weighted by molar-refractivity contribution is 5.92. The molecule has 4 heteroatoms. The molecule has 0 spiro atoms. The normalized spacial score (nSPS) is 9.75. The summed E-state index contributed by atoms with van der Waals surface area (Å²) in [4.78, 5) is 11.7. The van der Waals surface area contributed by atoms with E-state index in [4.69, 9.17) is 5.26 Å². The monoisotopic (exact) mass is 265 g/mol. The van der Waals surface area contributed by atoms with Crippen LogP contribution < -0.4 is 10.6 Å². The van der Waals surface area contributed by atoms with Crippen LogP contribution in [0.15, 0.2) is 54.6 Å². The summed E-state index contributed by atoms with van der Waals surface area (Å²) in [6.07, 6.45) is 0. The lowest BCUT2D eigenvalue weighted by Gasteiger charge is -2.07. The second-order valence-corrected chi connectivity index (χ2v) is 4.33. The van der Waals surface area contributed by atoms with E-state index in [1.54, 1.807) is 6.07 Å². The maximum atomic E-state index is 11.7. The molecule has 0 unspecified atom stereocenters. The van der Waals surface area contributed by atoms with Crippen molar-refractivity contribution in [1.82, 2.24) is 5.32 Å². The van der Waals surface area contributed by atoms with Gasteiger partial charge in [0.15, 0.2) is 0 Å². The summed E-state index contributed by atoms with van der Waals surface area (Å²) in [5.41, 5.74) is 2.39. The van der Waals surface area contributed by atoms with E-state index in [0.29, 0.717) is 12.1 Å². The fourth-order valence-electron chi connectivity index (χ4n) is 1.80. The van der Waals surface area contributed by atoms with Crippen molar-refractivity contribution in [1.29, 1.82) is 5.26 Å². The van der Waals surface area contributed by atoms with Crippen molar-refractivity contribution >= 4 is 11.6 Å². The van der Waals surface area contributed by atoms with Gasteiger partial charge >= 0.3 is 0 Å². The largest absolute Gasteiger partial charge is 0.325 e. The van der Waals surface area contributed by atoms with Crippen molar-refractivity contribution in [2.75, 3.05) is 11.9 Å². The van der Waals surface area contributed by atoms with Crippen LogP contribution in [0.2, 0.25) is 0 Å². The van der Waals surface area contributed by atoms with Crippen molar-refractivity contribution in [2.45, 2.75) is 6.54 Å². The lowest BCUT2D eigenvalue weighted by atomic mass is 10.1. The lowest BCUT2D eigenvalue weighted by molar-refractivity contribution is -0.115. The molecule has 0 saturated carbocycles. The Balaban J connectivity index is 1.78. The summed E-state index contributed by atoms with van der Waals surface area (Å²) in [5, 5.41) is 14.7. The van der Waals surface area contributed by atoms with Gasteiger partial charge in [-0.1, -0.05) is 30.3 Å². The minimum absolute atomic E-state index is 0.0902. The van der Waals surface area contributed by atoms with E-state index in [-0.39, 0.29) is 12.5 Å². The average molecular weight is 265 g/mol. The quantitative estimate of drug-likeness (QED) is 0.871. The highest BCUT2D eigenvalue weighted by atomic mass is 16.1. The zero-order valence-corrected chi connectivity index (χ0v) is 11.0. The molecule has 0 fully saturated rings. The second-order valence-electron chi connectivity index (χ2n) is 4.33. The number of carbonyl (C=O) groups is 1. The zero-order valence-electron chi connectivity index (χ0n) is 11.0. The number of carbonyl (C=O) groups excluding carboxylic acids is 1. The van der Waals surface area contributed by atoms with E-state index in [2.05, 4.69) is 16.7 Å². The molecule has 0 radical (unpaired) electrons. The van der Waals surface area contributed by atoms with Crippen LogP contribution in [0.4, 0.5) is 5.69 Å². The molecule has 0 bridgehead atoms. The molecule has 100 valence electrons. The maximum absolute atomic E-state index is 11.7. The van der Waals surface area contributed by atoms with E-state index >= 15 is 0 Å². The minimum Gasteiger partial charge on any atom is -0.325 e. The Bertz CT molecular complexity index is 617. The molecule has 4 nitrogen and oxygen atoms in total. The minimum atomic E-state index is -0.0902. The van der Waals surface area contributed by atoms with Crippen LogP contribution in [-0.4, -0.2) is 12.5 Å². The van der Waals surface area contributed by atoms with Crippen LogP contribution in [0.3, 0.4) is 0 Å². The summed E-state index contributed by atoms with van der Waals surface area (Å²) in [6, 6.07) is 18.7. The van der Waals surface area contributed by atoms with E-state index in [1.165, 1.54) is 0 Å². The van der Waals surface area contributed by atoms with Gasteiger partial charge in [-0.3, -0.25) is 4.79 Å². The fraction of sp³-hybridized carbons (Fsp3) is 0.125. The predicted octanol–water partition coefficient (Wildman–Crippen LogP) is 2.29. The molecule has 0 aliphatic rings. The van der Waals surface area contributed by atoms with Crippen molar-refractivity contribution in [3.8, 4) is 6.07 Å². The molecule has 1 amide bonds. The van der Waals surface area contributed by atoms with Crippen LogP contribution >= 0.6 is 0 Å². The Morgan fingerprint density at radius 3 is 2.65 bits per heavy atom. The number of anilines is 1. The van der Waals surface area contributed by atoms with E-state index in [9.17, 15) is 4.79 Å². The maximum Gasteiger partial charge on any atom is 0.238 e. The number of hydrogen-bond donors (Lipinski definition) is 2. The number of nitrogens with one attached hydrogen (secondary N) is 2. The highest BCUT2D eigenvalue weighted by Gasteiger charge is 2.01. The first-order valence-corrected chi connectivity index (χ1v) is 6.32. The van der Waals surface area contributed by atoms with Crippen molar-refractivity contribution in [2.24, 2.45) is 0 Å². The number of nitriles is 1. The lowest BCUT2D eigenvalue weighted by Crippen LogP contribution is -2.27. The Morgan fingerprint density at radius 2 is 1.90 bits per heavy atom. The van der Waals surface area contributed by atoms with Crippen LogP contribution in [-0.2, 0) is 11.3 Å². The molecule has 0 atom stereocenters. The molecule has 2 aromatic rings. The Labute approximate surface area is 118 Å². The molecule has 2 rings (SSSR count). The van der Waals surface area contributed by atoms with Gasteiger partial charge in [-0.15, -0.1) is 0 Å². The first-order valence-electron chi connectivity index (χ1n) is 6.32. The third-order valence-corrected chi connectivity index (χ3v) is 2.73. The van der Waals surface area contributed by atoms with Crippen LogP contribution in [0.5, 0.6) is 0 Å². The van der Waals surface area contributed by atoms with Crippen LogP contribution in [0.1, 0.15) is 11.1 Å². The number of nitrogens with zero attached hydrogens (tertiary/aromatic N) is 1. The molecule has 0 aliphatic heterocycles. The van der Waals surface area contributed by atoms with Gasteiger partial charge in [0.05, 0.1) is 18.2 Å². The molecule has 2 N–H and O–H groups in total. The molecular formula is C16H15N3O. The molecule has 0 aliphatic carbocycles. The van der Waals surface area contributed by atoms with Gasteiger partial charge < -0.3 is 10.6 Å². The SMILES string of the molecule is N#Cc1cccc(CNCC(=O)Nc2ccccc2)c1. The number of para-hydroxylation sites is 1. The molecule has 0 aromatic heterocycles. The summed E-state index contributed by atoms with van der Waals surface area (Å²) in [6.45, 7) is 0.781. The van der Waals surface area contributed by atoms with Gasteiger partial charge in [0, 0.05) is 12.2 Å². The summed E-state index contributed by atoms with van der Waals surface area (Å²) >= 11 is 0. The molecular weight excluding hydrogens is 250 g/mol. The standard InChI is InChI=1S/C16H15N3O/c17-10-13-5-4-6-14(9-13)11-18-12-16(20)19-15-7-2-1-3-8-15/h1-9,18H,11-12H2,(H,19,20). The fourth-order valence-corrected chi connectivity index (χ4v) is 1.80. The summed E-state index contributed by atoms with van der Waals surface area (Å²) in [7, 11) is 0. The Morgan fingerprint density at radius 1 is 1.10 bits per heavy atom. The number of benzene rings is 2. The zero-order chi connectivity index (χ0) is 14.2. The van der Waals surface area contributed by atoms with E-state index in [1.807, 2.05) is 48.5 Å². The van der Waals surface area contributed by atoms with Crippen molar-refractivity contribution in [3.05, 3.63) is 65.7 Å². The first-order chi connectivity index (χ1) is 9.78. The van der Waals surface area contributed by atoms with Gasteiger partial charge in [-0.05, 0) is 29.8 Å². The second kappa shape index (κ2) is 7.07. The number of hydrogen-bond acceptors (Lipinski definition) is 3. The summed E-state index contributed by atoms with van der Waals surface area (Å²) in [5.74, 6) is -0.0902. The molecule has 0 heterocycles. The van der Waals surface area contributed by atoms with E-state index in [0.717, 1.165) is 11.3 Å². The topological polar surface area (TPSA) is 64.9 Å². The third-order valence-electron chi connectivity index (χ3n) is 2.73. The van der Waals surface area contributed by atoms with Gasteiger partial charge in [0.2, 0.25) is 5.91 Å². The van der Waals surface area contributed by atoms with Crippen LogP contribution in [0.25, 0.3) is 0 Å². The van der Waals surface area contributed by atoms with Crippen LogP contribution in [0, 0.1) is 11.3 Å². The van der Waals surface area contributed by atoms with Crippen molar-refractivity contribution in [3.63, 3.8) is 0 Å². The average Bonchev–Trinajstić information content (AvgIpc) is 2.48. The summed E-state index contributed by atoms with van der Waals surface area (Å²) < 4.78 is 0. The molecule has 20 heavy (non-hydrogen) atoms. The molecule has 0 saturated heterocycles. The van der Waals surface area contributed by atoms with Gasteiger partial charge in [-0.2, -0.15) is 5.26 Å². The number of rotatable bonds is 5. The Hall–Kier alpha value is -2.64. The van der Waals surface area contributed by atoms with Crippen molar-refractivity contribution < 1.29 is 4.79 Å². The first kappa shape index (κ1) is 13.8. The predicted molar refractivity (Wildman–Crippen MR) is 77.9 cm³/mol. The van der Waals surface area contributed by atoms with Gasteiger partial charge in [0.25, 0.3) is 0 Å². The molecule has 2 aromatic carbocycles. The third kappa shape index (κ3) is 4.23. The Kier molecular flexibility index (Phi) is 4.87. The van der Waals surface area contributed by atoms with Gasteiger partial charge in [0.1, 0.15) is 0 Å².